The molecule has 0 saturated heterocycles. The summed E-state index contributed by atoms with van der Waals surface area (Å²) in [5, 5.41) is 4.08. The third kappa shape index (κ3) is 2.86. The minimum Gasteiger partial charge on any atom is -0.276 e. The van der Waals surface area contributed by atoms with Crippen LogP contribution < -0.4 is 11.3 Å². The van der Waals surface area contributed by atoms with E-state index in [2.05, 4.69) is 15.5 Å². The standard InChI is InChI=1S/C11H14FN5/c1-17-7-8(5-15-17)4-11(16-13)10-3-2-9(12)6-14-10/h2-3,5-7,11,16H,4,13H2,1H3. The van der Waals surface area contributed by atoms with Crippen molar-refractivity contribution in [2.75, 3.05) is 0 Å². The molecule has 0 aromatic carbocycles. The fourth-order valence-electron chi connectivity index (χ4n) is 1.66. The molecule has 0 aliphatic heterocycles. The molecule has 0 aliphatic carbocycles. The van der Waals surface area contributed by atoms with Crippen molar-refractivity contribution in [2.45, 2.75) is 12.5 Å². The monoisotopic (exact) mass is 235 g/mol. The Hall–Kier alpha value is -1.79. The van der Waals surface area contributed by atoms with E-state index in [4.69, 9.17) is 5.84 Å². The summed E-state index contributed by atoms with van der Waals surface area (Å²) in [6.45, 7) is 0. The van der Waals surface area contributed by atoms with E-state index in [-0.39, 0.29) is 11.9 Å². The van der Waals surface area contributed by atoms with Crippen molar-refractivity contribution < 1.29 is 4.39 Å². The predicted octanol–water partition coefficient (Wildman–Crippen LogP) is 0.701. The minimum absolute atomic E-state index is 0.153. The van der Waals surface area contributed by atoms with Gasteiger partial charge in [-0.1, -0.05) is 0 Å². The summed E-state index contributed by atoms with van der Waals surface area (Å²) < 4.78 is 14.5. The second-order valence-electron chi connectivity index (χ2n) is 3.85. The second kappa shape index (κ2) is 5.03. The number of nitrogens with zero attached hydrogens (tertiary/aromatic N) is 3. The molecule has 0 spiro atoms. The summed E-state index contributed by atoms with van der Waals surface area (Å²) in [6, 6.07) is 2.84. The molecule has 1 atom stereocenters. The number of hydrogen-bond donors (Lipinski definition) is 2. The first-order valence-electron chi connectivity index (χ1n) is 5.24. The maximum absolute atomic E-state index is 12.8. The summed E-state index contributed by atoms with van der Waals surface area (Å²) >= 11 is 0. The fourth-order valence-corrected chi connectivity index (χ4v) is 1.66. The van der Waals surface area contributed by atoms with Crippen LogP contribution in [0.25, 0.3) is 0 Å². The van der Waals surface area contributed by atoms with Gasteiger partial charge in [-0.25, -0.2) is 4.39 Å². The number of hydrogen-bond acceptors (Lipinski definition) is 4. The van der Waals surface area contributed by atoms with Crippen LogP contribution in [-0.2, 0) is 13.5 Å². The Labute approximate surface area is 98.4 Å². The quantitative estimate of drug-likeness (QED) is 0.604. The van der Waals surface area contributed by atoms with Gasteiger partial charge in [0, 0.05) is 13.2 Å². The largest absolute Gasteiger partial charge is 0.276 e. The Kier molecular flexibility index (Phi) is 3.46. The van der Waals surface area contributed by atoms with Crippen molar-refractivity contribution in [3.63, 3.8) is 0 Å². The van der Waals surface area contributed by atoms with E-state index in [1.165, 1.54) is 12.3 Å². The second-order valence-corrected chi connectivity index (χ2v) is 3.85. The molecule has 5 nitrogen and oxygen atoms in total. The number of rotatable bonds is 4. The van der Waals surface area contributed by atoms with Crippen molar-refractivity contribution in [2.24, 2.45) is 12.9 Å². The van der Waals surface area contributed by atoms with E-state index >= 15 is 0 Å². The molecule has 2 aromatic rings. The van der Waals surface area contributed by atoms with Gasteiger partial charge in [0.15, 0.2) is 0 Å². The van der Waals surface area contributed by atoms with Gasteiger partial charge in [-0.3, -0.25) is 20.9 Å². The zero-order valence-corrected chi connectivity index (χ0v) is 9.47. The lowest BCUT2D eigenvalue weighted by Gasteiger charge is -2.13. The summed E-state index contributed by atoms with van der Waals surface area (Å²) in [5.41, 5.74) is 4.42. The molecule has 0 fully saturated rings. The molecule has 0 bridgehead atoms. The Morgan fingerprint density at radius 3 is 2.82 bits per heavy atom. The average Bonchev–Trinajstić information content (AvgIpc) is 2.73. The van der Waals surface area contributed by atoms with E-state index in [0.29, 0.717) is 12.1 Å². The molecule has 0 amide bonds. The molecule has 2 heterocycles. The van der Waals surface area contributed by atoms with Gasteiger partial charge in [0.05, 0.1) is 24.1 Å². The molecule has 2 rings (SSSR count). The average molecular weight is 235 g/mol. The summed E-state index contributed by atoms with van der Waals surface area (Å²) in [6.07, 6.45) is 5.52. The molecule has 3 N–H and O–H groups in total. The minimum atomic E-state index is -0.356. The summed E-state index contributed by atoms with van der Waals surface area (Å²) in [4.78, 5) is 4.01. The Morgan fingerprint density at radius 1 is 1.47 bits per heavy atom. The third-order valence-corrected chi connectivity index (χ3v) is 2.51. The van der Waals surface area contributed by atoms with E-state index < -0.39 is 0 Å². The van der Waals surface area contributed by atoms with Crippen molar-refractivity contribution in [1.82, 2.24) is 20.2 Å². The van der Waals surface area contributed by atoms with Gasteiger partial charge < -0.3 is 0 Å². The number of halogens is 1. The highest BCUT2D eigenvalue weighted by molar-refractivity contribution is 5.15. The Morgan fingerprint density at radius 2 is 2.29 bits per heavy atom. The van der Waals surface area contributed by atoms with Gasteiger partial charge in [-0.15, -0.1) is 0 Å². The van der Waals surface area contributed by atoms with E-state index in [1.54, 1.807) is 16.9 Å². The van der Waals surface area contributed by atoms with Crippen LogP contribution in [-0.4, -0.2) is 14.8 Å². The molecular formula is C11H14FN5. The van der Waals surface area contributed by atoms with Crippen molar-refractivity contribution >= 4 is 0 Å². The van der Waals surface area contributed by atoms with E-state index in [9.17, 15) is 4.39 Å². The number of aromatic nitrogens is 3. The normalized spacial score (nSPS) is 12.6. The van der Waals surface area contributed by atoms with Crippen LogP contribution in [0.1, 0.15) is 17.3 Å². The third-order valence-electron chi connectivity index (χ3n) is 2.51. The molecule has 0 aliphatic rings. The van der Waals surface area contributed by atoms with Crippen molar-refractivity contribution in [3.8, 4) is 0 Å². The van der Waals surface area contributed by atoms with Crippen LogP contribution in [0.4, 0.5) is 4.39 Å². The smallest absolute Gasteiger partial charge is 0.141 e. The van der Waals surface area contributed by atoms with Crippen LogP contribution in [0.2, 0.25) is 0 Å². The van der Waals surface area contributed by atoms with Gasteiger partial charge in [-0.2, -0.15) is 5.10 Å². The zero-order valence-electron chi connectivity index (χ0n) is 9.47. The Bertz CT molecular complexity index is 479. The highest BCUT2D eigenvalue weighted by Crippen LogP contribution is 2.15. The van der Waals surface area contributed by atoms with Crippen LogP contribution >= 0.6 is 0 Å². The zero-order chi connectivity index (χ0) is 12.3. The molecule has 6 heteroatoms. The Balaban J connectivity index is 2.13. The molecule has 17 heavy (non-hydrogen) atoms. The summed E-state index contributed by atoms with van der Waals surface area (Å²) in [5.74, 6) is 5.13. The van der Waals surface area contributed by atoms with Crippen molar-refractivity contribution in [3.05, 3.63) is 47.8 Å². The van der Waals surface area contributed by atoms with Gasteiger partial charge in [0.2, 0.25) is 0 Å². The van der Waals surface area contributed by atoms with Crippen LogP contribution in [0, 0.1) is 5.82 Å². The molecule has 1 unspecified atom stereocenters. The van der Waals surface area contributed by atoms with Gasteiger partial charge in [-0.05, 0) is 24.1 Å². The number of pyridine rings is 1. The van der Waals surface area contributed by atoms with Crippen LogP contribution in [0.3, 0.4) is 0 Å². The van der Waals surface area contributed by atoms with E-state index in [1.807, 2.05) is 13.2 Å². The molecule has 90 valence electrons. The molecule has 2 aromatic heterocycles. The van der Waals surface area contributed by atoms with Crippen LogP contribution in [0.15, 0.2) is 30.7 Å². The predicted molar refractivity (Wildman–Crippen MR) is 61.2 cm³/mol. The summed E-state index contributed by atoms with van der Waals surface area (Å²) in [7, 11) is 1.85. The number of nitrogens with one attached hydrogen (secondary N) is 1. The molecule has 0 radical (unpaired) electrons. The first-order valence-corrected chi connectivity index (χ1v) is 5.24. The topological polar surface area (TPSA) is 68.8 Å². The lowest BCUT2D eigenvalue weighted by atomic mass is 10.1. The lowest BCUT2D eigenvalue weighted by Crippen LogP contribution is -2.30. The molecule has 0 saturated carbocycles. The first kappa shape index (κ1) is 11.7. The number of nitrogens with two attached hydrogens (primary N) is 1. The number of aryl methyl sites for hydroxylation is 1. The first-order chi connectivity index (χ1) is 8.19. The van der Waals surface area contributed by atoms with Crippen molar-refractivity contribution in [1.29, 1.82) is 0 Å². The van der Waals surface area contributed by atoms with Gasteiger partial charge >= 0.3 is 0 Å². The van der Waals surface area contributed by atoms with Gasteiger partial charge in [0.1, 0.15) is 5.82 Å². The highest BCUT2D eigenvalue weighted by atomic mass is 19.1. The van der Waals surface area contributed by atoms with Gasteiger partial charge in [0.25, 0.3) is 0 Å². The maximum Gasteiger partial charge on any atom is 0.141 e. The molecular weight excluding hydrogens is 221 g/mol. The lowest BCUT2D eigenvalue weighted by molar-refractivity contribution is 0.533. The highest BCUT2D eigenvalue weighted by Gasteiger charge is 2.12. The fraction of sp³-hybridized carbons (Fsp3) is 0.273. The van der Waals surface area contributed by atoms with E-state index in [0.717, 1.165) is 5.56 Å². The van der Waals surface area contributed by atoms with Crippen LogP contribution in [0.5, 0.6) is 0 Å². The maximum atomic E-state index is 12.8. The number of hydrazine groups is 1. The SMILES string of the molecule is Cn1cc(CC(NN)c2ccc(F)cn2)cn1.